The van der Waals surface area contributed by atoms with Crippen molar-refractivity contribution >= 4 is 11.9 Å². The Morgan fingerprint density at radius 3 is 2.47 bits per heavy atom. The van der Waals surface area contributed by atoms with E-state index in [0.717, 1.165) is 18.5 Å². The third-order valence-corrected chi connectivity index (χ3v) is 2.70. The lowest BCUT2D eigenvalue weighted by molar-refractivity contribution is -0.140. The normalized spacial score (nSPS) is 12.4. The van der Waals surface area contributed by atoms with Gasteiger partial charge in [-0.1, -0.05) is 20.8 Å². The summed E-state index contributed by atoms with van der Waals surface area (Å²) >= 11 is 0. The molecule has 1 aromatic heterocycles. The van der Waals surface area contributed by atoms with E-state index in [2.05, 4.69) is 27.5 Å². The molecule has 19 heavy (non-hydrogen) atoms. The Kier molecular flexibility index (Phi) is 6.21. The zero-order valence-electron chi connectivity index (χ0n) is 11.7. The SMILES string of the molecule is CCCNc1ncc(CN[C@@H](C(=O)O)C(C)C)cn1. The average molecular weight is 266 g/mol. The molecule has 3 N–H and O–H groups in total. The summed E-state index contributed by atoms with van der Waals surface area (Å²) in [6.45, 7) is 7.11. The van der Waals surface area contributed by atoms with E-state index in [1.165, 1.54) is 0 Å². The fourth-order valence-corrected chi connectivity index (χ4v) is 1.61. The minimum absolute atomic E-state index is 0.0314. The average Bonchev–Trinajstić information content (AvgIpc) is 2.37. The van der Waals surface area contributed by atoms with Crippen molar-refractivity contribution in [3.05, 3.63) is 18.0 Å². The van der Waals surface area contributed by atoms with E-state index in [1.807, 2.05) is 13.8 Å². The van der Waals surface area contributed by atoms with E-state index < -0.39 is 12.0 Å². The molecule has 0 aliphatic heterocycles. The van der Waals surface area contributed by atoms with Gasteiger partial charge in [-0.3, -0.25) is 10.1 Å². The van der Waals surface area contributed by atoms with Gasteiger partial charge in [-0.25, -0.2) is 9.97 Å². The first kappa shape index (κ1) is 15.4. The molecule has 1 atom stereocenters. The van der Waals surface area contributed by atoms with Crippen LogP contribution in [0.15, 0.2) is 12.4 Å². The molecular weight excluding hydrogens is 244 g/mol. The molecule has 0 fully saturated rings. The maximum atomic E-state index is 11.0. The molecule has 0 unspecified atom stereocenters. The van der Waals surface area contributed by atoms with Crippen LogP contribution in [0.2, 0.25) is 0 Å². The van der Waals surface area contributed by atoms with Crippen molar-refractivity contribution in [1.82, 2.24) is 15.3 Å². The number of carbonyl (C=O) groups is 1. The number of nitrogens with zero attached hydrogens (tertiary/aromatic N) is 2. The van der Waals surface area contributed by atoms with Crippen molar-refractivity contribution < 1.29 is 9.90 Å². The molecule has 0 aliphatic carbocycles. The molecule has 0 aromatic carbocycles. The standard InChI is InChI=1S/C13H22N4O2/c1-4-5-14-13-16-7-10(8-17-13)6-15-11(9(2)3)12(18)19/h7-9,11,15H,4-6H2,1-3H3,(H,18,19)(H,14,16,17)/t11-/m1/s1. The molecule has 6 heteroatoms. The molecule has 0 aliphatic rings. The molecule has 0 bridgehead atoms. The van der Waals surface area contributed by atoms with Gasteiger partial charge >= 0.3 is 5.97 Å². The van der Waals surface area contributed by atoms with Crippen LogP contribution >= 0.6 is 0 Å². The summed E-state index contributed by atoms with van der Waals surface area (Å²) in [7, 11) is 0. The zero-order chi connectivity index (χ0) is 14.3. The smallest absolute Gasteiger partial charge is 0.320 e. The summed E-state index contributed by atoms with van der Waals surface area (Å²) in [4.78, 5) is 19.4. The van der Waals surface area contributed by atoms with Crippen LogP contribution in [-0.4, -0.2) is 33.6 Å². The van der Waals surface area contributed by atoms with E-state index in [4.69, 9.17) is 5.11 Å². The number of hydrogen-bond donors (Lipinski definition) is 3. The summed E-state index contributed by atoms with van der Waals surface area (Å²) < 4.78 is 0. The van der Waals surface area contributed by atoms with Crippen LogP contribution in [-0.2, 0) is 11.3 Å². The highest BCUT2D eigenvalue weighted by Gasteiger charge is 2.20. The summed E-state index contributed by atoms with van der Waals surface area (Å²) in [5, 5.41) is 15.1. The largest absolute Gasteiger partial charge is 0.480 e. The topological polar surface area (TPSA) is 87.1 Å². The van der Waals surface area contributed by atoms with E-state index in [0.29, 0.717) is 12.5 Å². The highest BCUT2D eigenvalue weighted by atomic mass is 16.4. The Morgan fingerprint density at radius 2 is 2.00 bits per heavy atom. The van der Waals surface area contributed by atoms with Crippen LogP contribution in [0.3, 0.4) is 0 Å². The second kappa shape index (κ2) is 7.68. The molecule has 0 saturated heterocycles. The Morgan fingerprint density at radius 1 is 1.37 bits per heavy atom. The quantitative estimate of drug-likeness (QED) is 0.661. The van der Waals surface area contributed by atoms with Crippen molar-refractivity contribution in [3.8, 4) is 0 Å². The van der Waals surface area contributed by atoms with Gasteiger partial charge in [0.1, 0.15) is 6.04 Å². The summed E-state index contributed by atoms with van der Waals surface area (Å²) in [6.07, 6.45) is 4.43. The number of anilines is 1. The number of hydrogen-bond acceptors (Lipinski definition) is 5. The molecule has 6 nitrogen and oxygen atoms in total. The van der Waals surface area contributed by atoms with Gasteiger partial charge in [-0.05, 0) is 12.3 Å². The maximum Gasteiger partial charge on any atom is 0.320 e. The van der Waals surface area contributed by atoms with Crippen molar-refractivity contribution in [2.75, 3.05) is 11.9 Å². The number of aromatic nitrogens is 2. The lowest BCUT2D eigenvalue weighted by Crippen LogP contribution is -2.40. The maximum absolute atomic E-state index is 11.0. The third kappa shape index (κ3) is 5.21. The first-order valence-corrected chi connectivity index (χ1v) is 6.55. The van der Waals surface area contributed by atoms with E-state index in [9.17, 15) is 4.79 Å². The minimum Gasteiger partial charge on any atom is -0.480 e. The van der Waals surface area contributed by atoms with Gasteiger partial charge < -0.3 is 10.4 Å². The number of carboxylic acids is 1. The number of nitrogens with one attached hydrogen (secondary N) is 2. The lowest BCUT2D eigenvalue weighted by Gasteiger charge is -2.17. The number of rotatable bonds is 8. The van der Waals surface area contributed by atoms with Gasteiger partial charge in [0.25, 0.3) is 0 Å². The fourth-order valence-electron chi connectivity index (χ4n) is 1.61. The molecule has 1 heterocycles. The van der Waals surface area contributed by atoms with Gasteiger partial charge in [0.15, 0.2) is 0 Å². The van der Waals surface area contributed by atoms with Gasteiger partial charge in [0.05, 0.1) is 0 Å². The van der Waals surface area contributed by atoms with Crippen LogP contribution in [0.25, 0.3) is 0 Å². The monoisotopic (exact) mass is 266 g/mol. The van der Waals surface area contributed by atoms with E-state index in [-0.39, 0.29) is 5.92 Å². The second-order valence-corrected chi connectivity index (χ2v) is 4.78. The summed E-state index contributed by atoms with van der Waals surface area (Å²) in [5.74, 6) is -0.203. The van der Waals surface area contributed by atoms with Crippen LogP contribution in [0, 0.1) is 5.92 Å². The van der Waals surface area contributed by atoms with E-state index >= 15 is 0 Å². The highest BCUT2D eigenvalue weighted by molar-refractivity contribution is 5.73. The predicted molar refractivity (Wildman–Crippen MR) is 73.9 cm³/mol. The third-order valence-electron chi connectivity index (χ3n) is 2.70. The predicted octanol–water partition coefficient (Wildman–Crippen LogP) is 1.50. The first-order chi connectivity index (χ1) is 9.04. The van der Waals surface area contributed by atoms with Crippen LogP contribution in [0.1, 0.15) is 32.8 Å². The lowest BCUT2D eigenvalue weighted by atomic mass is 10.0. The Bertz CT molecular complexity index is 392. The molecule has 1 aromatic rings. The summed E-state index contributed by atoms with van der Waals surface area (Å²) in [5.41, 5.74) is 0.869. The van der Waals surface area contributed by atoms with Gasteiger partial charge in [-0.2, -0.15) is 0 Å². The fraction of sp³-hybridized carbons (Fsp3) is 0.615. The van der Waals surface area contributed by atoms with Crippen molar-refractivity contribution in [1.29, 1.82) is 0 Å². The van der Waals surface area contributed by atoms with Crippen LogP contribution in [0.5, 0.6) is 0 Å². The molecule has 0 amide bonds. The molecular formula is C13H22N4O2. The Balaban J connectivity index is 2.51. The Hall–Kier alpha value is -1.69. The molecule has 1 rings (SSSR count). The van der Waals surface area contributed by atoms with E-state index in [1.54, 1.807) is 12.4 Å². The first-order valence-electron chi connectivity index (χ1n) is 6.55. The molecule has 0 radical (unpaired) electrons. The van der Waals surface area contributed by atoms with Crippen LogP contribution < -0.4 is 10.6 Å². The van der Waals surface area contributed by atoms with Crippen molar-refractivity contribution in [2.24, 2.45) is 5.92 Å². The molecule has 0 spiro atoms. The molecule has 0 saturated carbocycles. The van der Waals surface area contributed by atoms with Gasteiger partial charge in [-0.15, -0.1) is 0 Å². The minimum atomic E-state index is -0.836. The number of aliphatic carboxylic acids is 1. The summed E-state index contributed by atoms with van der Waals surface area (Å²) in [6, 6.07) is -0.558. The van der Waals surface area contributed by atoms with Crippen molar-refractivity contribution in [2.45, 2.75) is 39.8 Å². The van der Waals surface area contributed by atoms with Gasteiger partial charge in [0.2, 0.25) is 5.95 Å². The zero-order valence-corrected chi connectivity index (χ0v) is 11.7. The Labute approximate surface area is 113 Å². The number of carboxylic acid groups (broad SMARTS) is 1. The van der Waals surface area contributed by atoms with Crippen LogP contribution in [0.4, 0.5) is 5.95 Å². The molecule has 106 valence electrons. The highest BCUT2D eigenvalue weighted by Crippen LogP contribution is 2.05. The van der Waals surface area contributed by atoms with Crippen molar-refractivity contribution in [3.63, 3.8) is 0 Å². The second-order valence-electron chi connectivity index (χ2n) is 4.78. The van der Waals surface area contributed by atoms with Gasteiger partial charge in [0, 0.05) is 31.0 Å².